The number of amides is 1. The minimum Gasteiger partial charge on any atom is -0.486 e. The molecule has 7 heteroatoms. The van der Waals surface area contributed by atoms with Gasteiger partial charge in [-0.3, -0.25) is 4.79 Å². The average molecular weight is 377 g/mol. The molecule has 1 aromatic rings. The van der Waals surface area contributed by atoms with E-state index in [-0.39, 0.29) is 11.3 Å². The van der Waals surface area contributed by atoms with E-state index >= 15 is 0 Å². The number of nitrogens with one attached hydrogen (secondary N) is 2. The largest absolute Gasteiger partial charge is 0.486 e. The number of hydrogen-bond donors (Lipinski definition) is 2. The Bertz CT molecular complexity index is 726. The Balaban J connectivity index is 1.61. The summed E-state index contributed by atoms with van der Waals surface area (Å²) >= 11 is 6.10. The number of piperazine rings is 1. The third kappa shape index (κ3) is 3.68. The maximum atomic E-state index is 13.2. The molecule has 1 aliphatic carbocycles. The summed E-state index contributed by atoms with van der Waals surface area (Å²) in [5.74, 6) is 0.315. The molecule has 1 saturated heterocycles. The third-order valence-electron chi connectivity index (χ3n) is 5.30. The summed E-state index contributed by atoms with van der Waals surface area (Å²) < 4.78 is 6.12. The van der Waals surface area contributed by atoms with E-state index in [2.05, 4.69) is 22.6 Å². The fourth-order valence-corrected chi connectivity index (χ4v) is 3.48. The summed E-state index contributed by atoms with van der Waals surface area (Å²) in [6.07, 6.45) is 2.32. The van der Waals surface area contributed by atoms with Crippen LogP contribution in [0.25, 0.3) is 0 Å². The van der Waals surface area contributed by atoms with E-state index in [9.17, 15) is 4.79 Å². The highest BCUT2D eigenvalue weighted by molar-refractivity contribution is 6.31. The van der Waals surface area contributed by atoms with Crippen molar-refractivity contribution in [1.82, 2.24) is 15.6 Å². The number of hydrogen-bond acceptors (Lipinski definition) is 5. The van der Waals surface area contributed by atoms with Gasteiger partial charge in [0.2, 0.25) is 5.76 Å². The lowest BCUT2D eigenvalue weighted by molar-refractivity contribution is -0.120. The summed E-state index contributed by atoms with van der Waals surface area (Å²) in [6, 6.07) is 7.29. The molecule has 1 saturated carbocycles. The Hall–Kier alpha value is -1.76. The van der Waals surface area contributed by atoms with Crippen LogP contribution in [0.5, 0.6) is 0 Å². The number of anilines is 1. The first-order chi connectivity index (χ1) is 12.6. The number of benzene rings is 1. The van der Waals surface area contributed by atoms with E-state index in [1.54, 1.807) is 17.1 Å². The van der Waals surface area contributed by atoms with Crippen LogP contribution >= 0.6 is 11.6 Å². The molecule has 2 N–H and O–H groups in total. The fourth-order valence-electron chi connectivity index (χ4n) is 3.29. The van der Waals surface area contributed by atoms with Gasteiger partial charge in [-0.05, 0) is 31.0 Å². The molecule has 0 bridgehead atoms. The lowest BCUT2D eigenvalue weighted by atomic mass is 10.1. The van der Waals surface area contributed by atoms with Gasteiger partial charge < -0.3 is 15.0 Å². The summed E-state index contributed by atoms with van der Waals surface area (Å²) in [7, 11) is 0. The molecular formula is C19H25ClN4O2. The number of hydrazine groups is 1. The molecule has 6 nitrogen and oxygen atoms in total. The molecule has 3 aliphatic rings. The summed E-state index contributed by atoms with van der Waals surface area (Å²) in [4.78, 5) is 15.5. The van der Waals surface area contributed by atoms with Gasteiger partial charge >= 0.3 is 5.91 Å². The highest BCUT2D eigenvalue weighted by Crippen LogP contribution is 2.45. The Labute approximate surface area is 159 Å². The van der Waals surface area contributed by atoms with Gasteiger partial charge in [-0.2, -0.15) is 0 Å². The summed E-state index contributed by atoms with van der Waals surface area (Å²) in [5.41, 5.74) is 5.12. The molecule has 26 heavy (non-hydrogen) atoms. The molecule has 0 aromatic heterocycles. The van der Waals surface area contributed by atoms with Crippen molar-refractivity contribution < 1.29 is 9.53 Å². The van der Waals surface area contributed by atoms with Gasteiger partial charge in [-0.15, -0.1) is 0 Å². The number of carbonyl (C=O) groups is 1. The van der Waals surface area contributed by atoms with Crippen molar-refractivity contribution in [3.63, 3.8) is 0 Å². The van der Waals surface area contributed by atoms with Crippen LogP contribution in [-0.2, 0) is 9.53 Å². The van der Waals surface area contributed by atoms with Crippen LogP contribution in [0.4, 0.5) is 5.69 Å². The predicted molar refractivity (Wildman–Crippen MR) is 102 cm³/mol. The normalized spacial score (nSPS) is 22.6. The molecule has 1 amide bonds. The fraction of sp³-hybridized carbons (Fsp3) is 0.526. The molecule has 2 fully saturated rings. The van der Waals surface area contributed by atoms with Crippen LogP contribution in [0.2, 0.25) is 5.02 Å². The van der Waals surface area contributed by atoms with E-state index in [0.717, 1.165) is 50.4 Å². The van der Waals surface area contributed by atoms with Gasteiger partial charge in [-0.1, -0.05) is 24.6 Å². The van der Waals surface area contributed by atoms with Gasteiger partial charge in [0.25, 0.3) is 0 Å². The number of ether oxygens (including phenoxy) is 1. The average Bonchev–Trinajstić information content (AvgIpc) is 3.39. The number of carbonyl (C=O) groups excluding carboxylic acids is 1. The van der Waals surface area contributed by atoms with Gasteiger partial charge in [0.05, 0.1) is 24.5 Å². The standard InChI is InChI=1S/C19H25ClN4O2/c1-19(5-6-19)13-26-17-16(23-9-7-21-8-10-23)12-22-24(18(17)25)15-4-2-3-14(20)11-15/h2-4,11,21-22H,5-10,12-13H2,1H3. The van der Waals surface area contributed by atoms with E-state index in [4.69, 9.17) is 16.3 Å². The number of halogens is 1. The Morgan fingerprint density at radius 1 is 1.27 bits per heavy atom. The van der Waals surface area contributed by atoms with Crippen LogP contribution in [0, 0.1) is 5.41 Å². The first-order valence-electron chi connectivity index (χ1n) is 9.21. The van der Waals surface area contributed by atoms with E-state index < -0.39 is 0 Å². The van der Waals surface area contributed by atoms with Crippen LogP contribution < -0.4 is 15.8 Å². The van der Waals surface area contributed by atoms with Crippen molar-refractivity contribution in [2.24, 2.45) is 5.41 Å². The summed E-state index contributed by atoms with van der Waals surface area (Å²) in [6.45, 7) is 6.95. The van der Waals surface area contributed by atoms with Crippen molar-refractivity contribution in [2.75, 3.05) is 44.3 Å². The molecular weight excluding hydrogens is 352 g/mol. The second-order valence-corrected chi connectivity index (χ2v) is 8.00. The molecule has 1 aromatic carbocycles. The maximum absolute atomic E-state index is 13.2. The number of nitrogens with zero attached hydrogens (tertiary/aromatic N) is 2. The van der Waals surface area contributed by atoms with Crippen molar-refractivity contribution in [3.8, 4) is 0 Å². The summed E-state index contributed by atoms with van der Waals surface area (Å²) in [5, 5.41) is 5.49. The van der Waals surface area contributed by atoms with Crippen molar-refractivity contribution in [1.29, 1.82) is 0 Å². The van der Waals surface area contributed by atoms with Gasteiger partial charge in [-0.25, -0.2) is 10.4 Å². The van der Waals surface area contributed by atoms with Gasteiger partial charge in [0, 0.05) is 36.6 Å². The zero-order valence-electron chi connectivity index (χ0n) is 15.1. The first kappa shape index (κ1) is 17.6. The highest BCUT2D eigenvalue weighted by Gasteiger charge is 2.40. The topological polar surface area (TPSA) is 56.8 Å². The van der Waals surface area contributed by atoms with E-state index in [0.29, 0.717) is 23.9 Å². The Kier molecular flexibility index (Phi) is 4.82. The van der Waals surface area contributed by atoms with Crippen molar-refractivity contribution >= 4 is 23.2 Å². The lowest BCUT2D eigenvalue weighted by Gasteiger charge is -2.38. The predicted octanol–water partition coefficient (Wildman–Crippen LogP) is 2.12. The maximum Gasteiger partial charge on any atom is 0.309 e. The highest BCUT2D eigenvalue weighted by atomic mass is 35.5. The lowest BCUT2D eigenvalue weighted by Crippen LogP contribution is -2.54. The first-order valence-corrected chi connectivity index (χ1v) is 9.59. The van der Waals surface area contributed by atoms with Crippen molar-refractivity contribution in [2.45, 2.75) is 19.8 Å². The molecule has 0 radical (unpaired) electrons. The minimum absolute atomic E-state index is 0.156. The van der Waals surface area contributed by atoms with Crippen LogP contribution in [0.3, 0.4) is 0 Å². The zero-order chi connectivity index (χ0) is 18.1. The van der Waals surface area contributed by atoms with E-state index in [1.807, 2.05) is 12.1 Å². The second-order valence-electron chi connectivity index (χ2n) is 7.57. The van der Waals surface area contributed by atoms with Crippen LogP contribution in [-0.4, -0.2) is 50.1 Å². The molecule has 2 heterocycles. The van der Waals surface area contributed by atoms with Crippen LogP contribution in [0.15, 0.2) is 35.7 Å². The quantitative estimate of drug-likeness (QED) is 0.824. The molecule has 4 rings (SSSR count). The zero-order valence-corrected chi connectivity index (χ0v) is 15.8. The third-order valence-corrected chi connectivity index (χ3v) is 5.53. The van der Waals surface area contributed by atoms with Gasteiger partial charge in [0.1, 0.15) is 0 Å². The molecule has 0 spiro atoms. The SMILES string of the molecule is CC1(COC2=C(N3CCNCC3)CNN(c3cccc(Cl)c3)C2=O)CC1. The Morgan fingerprint density at radius 2 is 2.04 bits per heavy atom. The molecule has 140 valence electrons. The minimum atomic E-state index is -0.156. The number of rotatable bonds is 5. The monoisotopic (exact) mass is 376 g/mol. The smallest absolute Gasteiger partial charge is 0.309 e. The Morgan fingerprint density at radius 3 is 2.73 bits per heavy atom. The molecule has 2 aliphatic heterocycles. The van der Waals surface area contributed by atoms with Gasteiger partial charge in [0.15, 0.2) is 0 Å². The van der Waals surface area contributed by atoms with Crippen molar-refractivity contribution in [3.05, 3.63) is 40.7 Å². The second kappa shape index (κ2) is 7.10. The van der Waals surface area contributed by atoms with E-state index in [1.165, 1.54) is 0 Å². The molecule has 0 unspecified atom stereocenters. The molecule has 0 atom stereocenters. The van der Waals surface area contributed by atoms with Crippen LogP contribution in [0.1, 0.15) is 19.8 Å².